The standard InChI is InChI=1S/C12H12BrN3O/c1-17-10-4-2-9(3-5-10)15-8-12-14-7-6-11(13)16-12/h2-7,15H,8H2,1H3. The Labute approximate surface area is 108 Å². The maximum Gasteiger partial charge on any atom is 0.148 e. The number of hydrogen-bond donors (Lipinski definition) is 1. The van der Waals surface area contributed by atoms with Crippen LogP contribution >= 0.6 is 15.9 Å². The molecule has 2 aromatic rings. The Hall–Kier alpha value is -1.62. The zero-order chi connectivity index (χ0) is 12.1. The van der Waals surface area contributed by atoms with Crippen LogP contribution in [0.5, 0.6) is 5.75 Å². The number of aromatic nitrogens is 2. The van der Waals surface area contributed by atoms with Gasteiger partial charge in [-0.1, -0.05) is 0 Å². The van der Waals surface area contributed by atoms with Crippen molar-refractivity contribution >= 4 is 21.6 Å². The largest absolute Gasteiger partial charge is 0.497 e. The molecule has 1 aromatic heterocycles. The first-order chi connectivity index (χ1) is 8.28. The molecule has 2 rings (SSSR count). The van der Waals surface area contributed by atoms with Gasteiger partial charge in [0.15, 0.2) is 0 Å². The zero-order valence-corrected chi connectivity index (χ0v) is 10.9. The van der Waals surface area contributed by atoms with Crippen molar-refractivity contribution in [3.05, 3.63) is 47.0 Å². The molecule has 0 amide bonds. The number of rotatable bonds is 4. The first-order valence-corrected chi connectivity index (χ1v) is 5.92. The number of benzene rings is 1. The summed E-state index contributed by atoms with van der Waals surface area (Å²) in [6, 6.07) is 9.53. The third-order valence-electron chi connectivity index (χ3n) is 2.21. The zero-order valence-electron chi connectivity index (χ0n) is 9.35. The number of hydrogen-bond acceptors (Lipinski definition) is 4. The summed E-state index contributed by atoms with van der Waals surface area (Å²) in [5, 5.41) is 3.24. The SMILES string of the molecule is COc1ccc(NCc2nccc(Br)n2)cc1. The maximum absolute atomic E-state index is 5.09. The quantitative estimate of drug-likeness (QED) is 0.881. The average Bonchev–Trinajstić information content (AvgIpc) is 2.37. The first-order valence-electron chi connectivity index (χ1n) is 5.13. The summed E-state index contributed by atoms with van der Waals surface area (Å²) in [7, 11) is 1.65. The molecule has 0 aliphatic carbocycles. The Kier molecular flexibility index (Phi) is 3.93. The van der Waals surface area contributed by atoms with Crippen molar-refractivity contribution in [3.63, 3.8) is 0 Å². The maximum atomic E-state index is 5.09. The number of nitrogens with zero attached hydrogens (tertiary/aromatic N) is 2. The van der Waals surface area contributed by atoms with Crippen molar-refractivity contribution in [1.82, 2.24) is 9.97 Å². The van der Waals surface area contributed by atoms with Gasteiger partial charge in [0.05, 0.1) is 13.7 Å². The minimum Gasteiger partial charge on any atom is -0.497 e. The summed E-state index contributed by atoms with van der Waals surface area (Å²) in [6.45, 7) is 0.589. The van der Waals surface area contributed by atoms with Crippen molar-refractivity contribution in [2.45, 2.75) is 6.54 Å². The van der Waals surface area contributed by atoms with Crippen molar-refractivity contribution < 1.29 is 4.74 Å². The van der Waals surface area contributed by atoms with E-state index in [-0.39, 0.29) is 0 Å². The molecular formula is C12H12BrN3O. The predicted molar refractivity (Wildman–Crippen MR) is 70.1 cm³/mol. The van der Waals surface area contributed by atoms with E-state index in [1.54, 1.807) is 19.4 Å². The summed E-state index contributed by atoms with van der Waals surface area (Å²) in [4.78, 5) is 8.40. The lowest BCUT2D eigenvalue weighted by Crippen LogP contribution is -2.03. The van der Waals surface area contributed by atoms with E-state index in [2.05, 4.69) is 31.2 Å². The van der Waals surface area contributed by atoms with E-state index in [9.17, 15) is 0 Å². The molecule has 0 fully saturated rings. The predicted octanol–water partition coefficient (Wildman–Crippen LogP) is 2.86. The molecule has 4 nitrogen and oxygen atoms in total. The fraction of sp³-hybridized carbons (Fsp3) is 0.167. The third-order valence-corrected chi connectivity index (χ3v) is 2.65. The average molecular weight is 294 g/mol. The topological polar surface area (TPSA) is 47.0 Å². The van der Waals surface area contributed by atoms with Gasteiger partial charge in [-0.05, 0) is 46.3 Å². The molecule has 1 N–H and O–H groups in total. The number of ether oxygens (including phenoxy) is 1. The molecule has 0 aliphatic heterocycles. The monoisotopic (exact) mass is 293 g/mol. The van der Waals surface area contributed by atoms with Crippen molar-refractivity contribution in [1.29, 1.82) is 0 Å². The van der Waals surface area contributed by atoms with E-state index in [4.69, 9.17) is 4.74 Å². The van der Waals surface area contributed by atoms with Crippen molar-refractivity contribution in [2.24, 2.45) is 0 Å². The normalized spacial score (nSPS) is 10.0. The van der Waals surface area contributed by atoms with Gasteiger partial charge in [0, 0.05) is 11.9 Å². The van der Waals surface area contributed by atoms with E-state index >= 15 is 0 Å². The Bertz CT molecular complexity index is 487. The minimum atomic E-state index is 0.589. The van der Waals surface area contributed by atoms with E-state index in [1.807, 2.05) is 24.3 Å². The van der Waals surface area contributed by atoms with Crippen LogP contribution in [0.4, 0.5) is 5.69 Å². The van der Waals surface area contributed by atoms with Gasteiger partial charge < -0.3 is 10.1 Å². The van der Waals surface area contributed by atoms with Gasteiger partial charge in [-0.15, -0.1) is 0 Å². The Morgan fingerprint density at radius 3 is 2.65 bits per heavy atom. The molecule has 0 bridgehead atoms. The highest BCUT2D eigenvalue weighted by molar-refractivity contribution is 9.10. The summed E-state index contributed by atoms with van der Waals surface area (Å²) < 4.78 is 5.88. The Morgan fingerprint density at radius 1 is 1.24 bits per heavy atom. The second-order valence-corrected chi connectivity index (χ2v) is 4.19. The molecule has 1 heterocycles. The fourth-order valence-corrected chi connectivity index (χ4v) is 1.67. The van der Waals surface area contributed by atoms with E-state index in [0.29, 0.717) is 6.54 Å². The van der Waals surface area contributed by atoms with Crippen LogP contribution in [0.2, 0.25) is 0 Å². The lowest BCUT2D eigenvalue weighted by Gasteiger charge is -2.06. The molecule has 0 atom stereocenters. The summed E-state index contributed by atoms with van der Waals surface area (Å²) in [5.74, 6) is 1.59. The molecule has 0 radical (unpaired) electrons. The van der Waals surface area contributed by atoms with Crippen LogP contribution in [0, 0.1) is 0 Å². The number of anilines is 1. The van der Waals surface area contributed by atoms with Crippen LogP contribution in [0.3, 0.4) is 0 Å². The Morgan fingerprint density at radius 2 is 2.00 bits per heavy atom. The lowest BCUT2D eigenvalue weighted by atomic mass is 10.3. The van der Waals surface area contributed by atoms with Gasteiger partial charge in [-0.25, -0.2) is 9.97 Å². The van der Waals surface area contributed by atoms with E-state index in [1.165, 1.54) is 0 Å². The molecule has 0 spiro atoms. The van der Waals surface area contributed by atoms with Gasteiger partial charge in [-0.2, -0.15) is 0 Å². The molecular weight excluding hydrogens is 282 g/mol. The molecule has 17 heavy (non-hydrogen) atoms. The van der Waals surface area contributed by atoms with Crippen molar-refractivity contribution in [2.75, 3.05) is 12.4 Å². The highest BCUT2D eigenvalue weighted by Gasteiger charge is 1.98. The van der Waals surface area contributed by atoms with Crippen LogP contribution < -0.4 is 10.1 Å². The van der Waals surface area contributed by atoms with Gasteiger partial charge in [0.1, 0.15) is 16.2 Å². The van der Waals surface area contributed by atoms with E-state index < -0.39 is 0 Å². The van der Waals surface area contributed by atoms with Gasteiger partial charge in [0.2, 0.25) is 0 Å². The lowest BCUT2D eigenvalue weighted by molar-refractivity contribution is 0.415. The highest BCUT2D eigenvalue weighted by Crippen LogP contribution is 2.15. The minimum absolute atomic E-state index is 0.589. The highest BCUT2D eigenvalue weighted by atomic mass is 79.9. The number of methoxy groups -OCH3 is 1. The van der Waals surface area contributed by atoms with Gasteiger partial charge in [0.25, 0.3) is 0 Å². The van der Waals surface area contributed by atoms with Gasteiger partial charge >= 0.3 is 0 Å². The van der Waals surface area contributed by atoms with Gasteiger partial charge in [-0.3, -0.25) is 0 Å². The number of halogens is 1. The molecule has 5 heteroatoms. The summed E-state index contributed by atoms with van der Waals surface area (Å²) >= 11 is 3.31. The second-order valence-electron chi connectivity index (χ2n) is 3.38. The number of nitrogens with one attached hydrogen (secondary N) is 1. The molecule has 0 unspecified atom stereocenters. The summed E-state index contributed by atoms with van der Waals surface area (Å²) in [5.41, 5.74) is 1.01. The third kappa shape index (κ3) is 3.42. The van der Waals surface area contributed by atoms with E-state index in [0.717, 1.165) is 21.9 Å². The van der Waals surface area contributed by atoms with Crippen LogP contribution in [0.15, 0.2) is 41.1 Å². The molecule has 88 valence electrons. The van der Waals surface area contributed by atoms with Crippen LogP contribution in [-0.4, -0.2) is 17.1 Å². The van der Waals surface area contributed by atoms with Crippen LogP contribution in [0.25, 0.3) is 0 Å². The first kappa shape index (κ1) is 11.9. The van der Waals surface area contributed by atoms with Crippen LogP contribution in [-0.2, 0) is 6.54 Å². The fourth-order valence-electron chi connectivity index (χ4n) is 1.35. The Balaban J connectivity index is 1.97. The summed E-state index contributed by atoms with van der Waals surface area (Å²) in [6.07, 6.45) is 1.72. The molecule has 0 saturated heterocycles. The molecule has 1 aromatic carbocycles. The second kappa shape index (κ2) is 5.63. The van der Waals surface area contributed by atoms with Crippen LogP contribution in [0.1, 0.15) is 5.82 Å². The smallest absolute Gasteiger partial charge is 0.148 e. The molecule has 0 saturated carbocycles. The van der Waals surface area contributed by atoms with Crippen molar-refractivity contribution in [3.8, 4) is 5.75 Å². The molecule has 0 aliphatic rings.